The number of rotatable bonds is 4. The van der Waals surface area contributed by atoms with E-state index in [4.69, 9.17) is 4.74 Å². The lowest BCUT2D eigenvalue weighted by molar-refractivity contribution is 0.195. The van der Waals surface area contributed by atoms with Crippen LogP contribution in [0.15, 0.2) is 94.2 Å². The van der Waals surface area contributed by atoms with Gasteiger partial charge < -0.3 is 9.64 Å². The standard InChI is InChI=1S/C26H26N2O3S/c1-20-12-14-24(15-13-20)32(29,30)27-25-28-19-26(17-16-23(28)18-31-25,21-8-4-2-5-9-21)22-10-6-3-7-11-22/h2-15,23H,16-19H2,1H3/b27-25-. The number of aryl methyl sites for hydroxylation is 1. The largest absolute Gasteiger partial charge is 0.462 e. The molecular formula is C26H26N2O3S. The molecule has 6 heteroatoms. The van der Waals surface area contributed by atoms with Crippen molar-refractivity contribution in [2.45, 2.75) is 36.1 Å². The third-order valence-corrected chi connectivity index (χ3v) is 7.87. The van der Waals surface area contributed by atoms with Gasteiger partial charge in [-0.25, -0.2) is 0 Å². The van der Waals surface area contributed by atoms with Crippen LogP contribution in [-0.4, -0.2) is 38.5 Å². The highest BCUT2D eigenvalue weighted by atomic mass is 32.2. The Labute approximate surface area is 189 Å². The van der Waals surface area contributed by atoms with Crippen LogP contribution in [0.5, 0.6) is 0 Å². The lowest BCUT2D eigenvalue weighted by Crippen LogP contribution is -2.51. The fraction of sp³-hybridized carbons (Fsp3) is 0.269. The second-order valence-corrected chi connectivity index (χ2v) is 10.2. The average molecular weight is 447 g/mol. The molecule has 1 atom stereocenters. The molecular weight excluding hydrogens is 420 g/mol. The summed E-state index contributed by atoms with van der Waals surface area (Å²) in [6, 6.07) is 28.0. The summed E-state index contributed by atoms with van der Waals surface area (Å²) < 4.78 is 35.9. The summed E-state index contributed by atoms with van der Waals surface area (Å²) in [6.45, 7) is 3.00. The third kappa shape index (κ3) is 3.69. The fourth-order valence-electron chi connectivity index (χ4n) is 4.82. The van der Waals surface area contributed by atoms with Crippen LogP contribution >= 0.6 is 0 Å². The minimum absolute atomic E-state index is 0.127. The molecule has 164 valence electrons. The summed E-state index contributed by atoms with van der Waals surface area (Å²) in [5.41, 5.74) is 3.18. The van der Waals surface area contributed by atoms with Crippen molar-refractivity contribution in [3.63, 3.8) is 0 Å². The van der Waals surface area contributed by atoms with Gasteiger partial charge in [-0.1, -0.05) is 78.4 Å². The van der Waals surface area contributed by atoms with Gasteiger partial charge in [0, 0.05) is 12.0 Å². The maximum atomic E-state index is 13.0. The van der Waals surface area contributed by atoms with Crippen molar-refractivity contribution in [2.75, 3.05) is 13.2 Å². The zero-order valence-electron chi connectivity index (χ0n) is 18.0. The van der Waals surface area contributed by atoms with E-state index in [1.165, 1.54) is 11.1 Å². The molecule has 2 heterocycles. The van der Waals surface area contributed by atoms with Gasteiger partial charge in [0.1, 0.15) is 6.61 Å². The Hall–Kier alpha value is -3.12. The van der Waals surface area contributed by atoms with E-state index in [0.717, 1.165) is 18.4 Å². The van der Waals surface area contributed by atoms with Gasteiger partial charge in [-0.05, 0) is 43.0 Å². The first kappa shape index (κ1) is 20.8. The maximum Gasteiger partial charge on any atom is 0.303 e. The van der Waals surface area contributed by atoms with Crippen LogP contribution < -0.4 is 0 Å². The molecule has 0 amide bonds. The lowest BCUT2D eigenvalue weighted by atomic mass is 9.68. The van der Waals surface area contributed by atoms with Crippen molar-refractivity contribution in [3.8, 4) is 0 Å². The number of fused-ring (bicyclic) bond motifs is 1. The normalized spacial score (nSPS) is 21.2. The van der Waals surface area contributed by atoms with E-state index < -0.39 is 10.0 Å². The van der Waals surface area contributed by atoms with Gasteiger partial charge in [-0.15, -0.1) is 4.40 Å². The smallest absolute Gasteiger partial charge is 0.303 e. The molecule has 32 heavy (non-hydrogen) atoms. The first-order chi connectivity index (χ1) is 15.5. The van der Waals surface area contributed by atoms with E-state index in [-0.39, 0.29) is 22.4 Å². The molecule has 2 aliphatic rings. The van der Waals surface area contributed by atoms with Gasteiger partial charge in [0.05, 0.1) is 10.9 Å². The van der Waals surface area contributed by atoms with Crippen LogP contribution in [-0.2, 0) is 20.2 Å². The number of ether oxygens (including phenoxy) is 1. The molecule has 2 saturated heterocycles. The summed E-state index contributed by atoms with van der Waals surface area (Å²) in [7, 11) is -3.86. The monoisotopic (exact) mass is 446 g/mol. The molecule has 0 N–H and O–H groups in total. The molecule has 0 aliphatic carbocycles. The molecule has 3 aromatic rings. The van der Waals surface area contributed by atoms with Crippen molar-refractivity contribution in [2.24, 2.45) is 4.40 Å². The van der Waals surface area contributed by atoms with Gasteiger partial charge in [0.25, 0.3) is 10.0 Å². The Kier molecular flexibility index (Phi) is 5.25. The van der Waals surface area contributed by atoms with Gasteiger partial charge >= 0.3 is 6.02 Å². The van der Waals surface area contributed by atoms with Crippen LogP contribution in [0.25, 0.3) is 0 Å². The van der Waals surface area contributed by atoms with E-state index >= 15 is 0 Å². The molecule has 5 nitrogen and oxygen atoms in total. The van der Waals surface area contributed by atoms with Crippen LogP contribution in [0.4, 0.5) is 0 Å². The Morgan fingerprint density at radius 3 is 2.09 bits per heavy atom. The Bertz CT molecular complexity index is 1180. The quantitative estimate of drug-likeness (QED) is 0.591. The molecule has 0 spiro atoms. The first-order valence-corrected chi connectivity index (χ1v) is 12.3. The van der Waals surface area contributed by atoms with Crippen molar-refractivity contribution in [1.29, 1.82) is 0 Å². The topological polar surface area (TPSA) is 59.0 Å². The van der Waals surface area contributed by atoms with E-state index in [2.05, 4.69) is 57.8 Å². The second kappa shape index (κ2) is 8.10. The number of hydrogen-bond acceptors (Lipinski definition) is 3. The van der Waals surface area contributed by atoms with E-state index in [1.54, 1.807) is 24.3 Å². The molecule has 0 saturated carbocycles. The number of benzene rings is 3. The zero-order valence-corrected chi connectivity index (χ0v) is 18.8. The van der Waals surface area contributed by atoms with Crippen molar-refractivity contribution in [1.82, 2.24) is 4.90 Å². The number of sulfonamides is 1. The molecule has 5 rings (SSSR count). The molecule has 2 aliphatic heterocycles. The van der Waals surface area contributed by atoms with Gasteiger partial charge in [0.2, 0.25) is 0 Å². The molecule has 1 unspecified atom stereocenters. The first-order valence-electron chi connectivity index (χ1n) is 10.9. The summed E-state index contributed by atoms with van der Waals surface area (Å²) in [4.78, 5) is 2.23. The predicted molar refractivity (Wildman–Crippen MR) is 125 cm³/mol. The summed E-state index contributed by atoms with van der Waals surface area (Å²) in [5, 5.41) is 0. The summed E-state index contributed by atoms with van der Waals surface area (Å²) in [5.74, 6) is 0. The Balaban J connectivity index is 1.54. The molecule has 3 aromatic carbocycles. The van der Waals surface area contributed by atoms with Crippen molar-refractivity contribution < 1.29 is 13.2 Å². The fourth-order valence-corrected chi connectivity index (χ4v) is 5.76. The van der Waals surface area contributed by atoms with Crippen LogP contribution in [0.3, 0.4) is 0 Å². The highest BCUT2D eigenvalue weighted by Gasteiger charge is 2.46. The van der Waals surface area contributed by atoms with Gasteiger partial charge in [-0.3, -0.25) is 0 Å². The minimum Gasteiger partial charge on any atom is -0.462 e. The van der Waals surface area contributed by atoms with Crippen molar-refractivity contribution in [3.05, 3.63) is 102 Å². The van der Waals surface area contributed by atoms with Crippen molar-refractivity contribution >= 4 is 16.0 Å². The Morgan fingerprint density at radius 1 is 0.906 bits per heavy atom. The predicted octanol–water partition coefficient (Wildman–Crippen LogP) is 4.52. The van der Waals surface area contributed by atoms with E-state index in [9.17, 15) is 8.42 Å². The molecule has 0 aromatic heterocycles. The van der Waals surface area contributed by atoms with Crippen LogP contribution in [0, 0.1) is 6.92 Å². The molecule has 0 radical (unpaired) electrons. The third-order valence-electron chi connectivity index (χ3n) is 6.61. The number of amidine groups is 1. The summed E-state index contributed by atoms with van der Waals surface area (Å²) >= 11 is 0. The Morgan fingerprint density at radius 2 is 1.50 bits per heavy atom. The average Bonchev–Trinajstić information content (AvgIpc) is 3.21. The van der Waals surface area contributed by atoms with Gasteiger partial charge in [0.15, 0.2) is 0 Å². The second-order valence-electron chi connectivity index (χ2n) is 8.61. The number of piperidine rings is 1. The highest BCUT2D eigenvalue weighted by molar-refractivity contribution is 7.90. The lowest BCUT2D eigenvalue weighted by Gasteiger charge is -2.44. The van der Waals surface area contributed by atoms with E-state index in [0.29, 0.717) is 13.2 Å². The SMILES string of the molecule is Cc1ccc(S(=O)(=O)/N=C2\OCC3CCC(c4ccccc4)(c4ccccc4)CN23)cc1. The maximum absolute atomic E-state index is 13.0. The van der Waals surface area contributed by atoms with E-state index in [1.807, 2.05) is 19.1 Å². The van der Waals surface area contributed by atoms with Crippen LogP contribution in [0.1, 0.15) is 29.5 Å². The highest BCUT2D eigenvalue weighted by Crippen LogP contribution is 2.43. The van der Waals surface area contributed by atoms with Gasteiger partial charge in [-0.2, -0.15) is 8.42 Å². The number of nitrogens with zero attached hydrogens (tertiary/aromatic N) is 2. The summed E-state index contributed by atoms with van der Waals surface area (Å²) in [6.07, 6.45) is 1.86. The van der Waals surface area contributed by atoms with Crippen LogP contribution in [0.2, 0.25) is 0 Å². The molecule has 2 fully saturated rings. The minimum atomic E-state index is -3.86. The number of hydrogen-bond donors (Lipinski definition) is 0. The zero-order chi connectivity index (χ0) is 22.2. The molecule has 0 bridgehead atoms.